The first-order valence-electron chi connectivity index (χ1n) is 5.66. The standard InChI is InChI=1S/C12H16INO2S/c1-16-10-2-3-11-9(6-10)8-14(4-5-17-11)12(15)7-13/h2-3,9H,4-8H2,1H3. The summed E-state index contributed by atoms with van der Waals surface area (Å²) < 4.78 is 5.88. The van der Waals surface area contributed by atoms with E-state index in [2.05, 4.69) is 34.7 Å². The van der Waals surface area contributed by atoms with Crippen molar-refractivity contribution in [1.82, 2.24) is 4.90 Å². The molecule has 0 spiro atoms. The van der Waals surface area contributed by atoms with Crippen molar-refractivity contribution in [2.75, 3.05) is 30.4 Å². The van der Waals surface area contributed by atoms with Crippen molar-refractivity contribution >= 4 is 40.3 Å². The number of carbonyl (C=O) groups excluding carboxylic acids is 1. The maximum atomic E-state index is 11.8. The van der Waals surface area contributed by atoms with Gasteiger partial charge in [0.1, 0.15) is 0 Å². The molecule has 94 valence electrons. The third-order valence-corrected chi connectivity index (χ3v) is 4.93. The number of amides is 1. The first-order valence-corrected chi connectivity index (χ1v) is 8.17. The lowest BCUT2D eigenvalue weighted by atomic mass is 9.98. The molecule has 0 saturated carbocycles. The minimum atomic E-state index is 0.251. The molecule has 1 atom stereocenters. The zero-order valence-corrected chi connectivity index (χ0v) is 12.8. The second-order valence-corrected chi connectivity index (χ2v) is 6.06. The molecule has 0 bridgehead atoms. The molecule has 1 amide bonds. The SMILES string of the molecule is COC1=CC=C2SCCN(C(=O)CI)CC2C1. The van der Waals surface area contributed by atoms with Crippen molar-refractivity contribution in [2.45, 2.75) is 6.42 Å². The van der Waals surface area contributed by atoms with Gasteiger partial charge < -0.3 is 9.64 Å². The van der Waals surface area contributed by atoms with E-state index >= 15 is 0 Å². The first kappa shape index (κ1) is 13.3. The molecule has 2 aliphatic rings. The van der Waals surface area contributed by atoms with Crippen LogP contribution in [0.4, 0.5) is 0 Å². The molecule has 0 N–H and O–H groups in total. The van der Waals surface area contributed by atoms with Crippen LogP contribution >= 0.6 is 34.4 Å². The summed E-state index contributed by atoms with van der Waals surface area (Å²) in [6, 6.07) is 0. The Morgan fingerprint density at radius 2 is 2.47 bits per heavy atom. The van der Waals surface area contributed by atoms with Gasteiger partial charge in [-0.2, -0.15) is 0 Å². The fraction of sp³-hybridized carbons (Fsp3) is 0.583. The number of alkyl halides is 1. The van der Waals surface area contributed by atoms with Gasteiger partial charge in [-0.3, -0.25) is 4.79 Å². The van der Waals surface area contributed by atoms with Crippen molar-refractivity contribution in [1.29, 1.82) is 0 Å². The van der Waals surface area contributed by atoms with Gasteiger partial charge in [-0.1, -0.05) is 22.6 Å². The van der Waals surface area contributed by atoms with E-state index in [0.29, 0.717) is 10.3 Å². The van der Waals surface area contributed by atoms with E-state index in [-0.39, 0.29) is 5.91 Å². The molecule has 5 heteroatoms. The summed E-state index contributed by atoms with van der Waals surface area (Å²) in [6.07, 6.45) is 5.12. The Balaban J connectivity index is 2.09. The summed E-state index contributed by atoms with van der Waals surface area (Å²) >= 11 is 4.02. The Kier molecular flexibility index (Phi) is 4.78. The van der Waals surface area contributed by atoms with Crippen LogP contribution in [-0.4, -0.2) is 41.2 Å². The van der Waals surface area contributed by atoms with Gasteiger partial charge in [0.05, 0.1) is 17.3 Å². The molecule has 3 nitrogen and oxygen atoms in total. The third kappa shape index (κ3) is 3.19. The first-order chi connectivity index (χ1) is 8.24. The van der Waals surface area contributed by atoms with Gasteiger partial charge in [0, 0.05) is 31.2 Å². The maximum absolute atomic E-state index is 11.8. The minimum Gasteiger partial charge on any atom is -0.501 e. The molecule has 0 radical (unpaired) electrons. The molecule has 0 aromatic carbocycles. The maximum Gasteiger partial charge on any atom is 0.232 e. The van der Waals surface area contributed by atoms with Crippen LogP contribution in [0.1, 0.15) is 6.42 Å². The molecule has 1 fully saturated rings. The van der Waals surface area contributed by atoms with E-state index in [4.69, 9.17) is 4.74 Å². The molecule has 2 rings (SSSR count). The number of methoxy groups -OCH3 is 1. The molecule has 1 aliphatic heterocycles. The predicted octanol–water partition coefficient (Wildman–Crippen LogP) is 2.43. The molecule has 1 saturated heterocycles. The number of halogens is 1. The highest BCUT2D eigenvalue weighted by molar-refractivity contribution is 14.1. The fourth-order valence-corrected chi connectivity index (χ4v) is 3.72. The average molecular weight is 365 g/mol. The number of thioether (sulfide) groups is 1. The van der Waals surface area contributed by atoms with E-state index in [9.17, 15) is 4.79 Å². The second kappa shape index (κ2) is 6.13. The highest BCUT2D eigenvalue weighted by Crippen LogP contribution is 2.36. The van der Waals surface area contributed by atoms with Gasteiger partial charge in [-0.05, 0) is 17.1 Å². The van der Waals surface area contributed by atoms with E-state index in [1.165, 1.54) is 4.91 Å². The number of rotatable bonds is 2. The van der Waals surface area contributed by atoms with Crippen LogP contribution in [0, 0.1) is 5.92 Å². The van der Waals surface area contributed by atoms with Crippen LogP contribution in [0.5, 0.6) is 0 Å². The smallest absolute Gasteiger partial charge is 0.232 e. The lowest BCUT2D eigenvalue weighted by Crippen LogP contribution is -2.36. The lowest BCUT2D eigenvalue weighted by Gasteiger charge is -2.26. The molecular weight excluding hydrogens is 349 g/mol. The Morgan fingerprint density at radius 1 is 1.65 bits per heavy atom. The molecule has 1 aliphatic carbocycles. The highest BCUT2D eigenvalue weighted by atomic mass is 127. The van der Waals surface area contributed by atoms with Gasteiger partial charge in [-0.15, -0.1) is 11.8 Å². The zero-order valence-electron chi connectivity index (χ0n) is 9.82. The van der Waals surface area contributed by atoms with E-state index < -0.39 is 0 Å². The van der Waals surface area contributed by atoms with Crippen LogP contribution in [0.2, 0.25) is 0 Å². The van der Waals surface area contributed by atoms with Crippen LogP contribution in [0.25, 0.3) is 0 Å². The zero-order chi connectivity index (χ0) is 12.3. The highest BCUT2D eigenvalue weighted by Gasteiger charge is 2.27. The Morgan fingerprint density at radius 3 is 3.18 bits per heavy atom. The van der Waals surface area contributed by atoms with Crippen molar-refractivity contribution in [3.8, 4) is 0 Å². The Labute approximate surface area is 120 Å². The summed E-state index contributed by atoms with van der Waals surface area (Å²) in [5.41, 5.74) is 0. The van der Waals surface area contributed by atoms with Crippen LogP contribution < -0.4 is 0 Å². The molecule has 1 heterocycles. The Bertz CT molecular complexity index is 368. The number of ether oxygens (including phenoxy) is 1. The number of nitrogens with zero attached hydrogens (tertiary/aromatic N) is 1. The molecule has 1 unspecified atom stereocenters. The van der Waals surface area contributed by atoms with Crippen molar-refractivity contribution < 1.29 is 9.53 Å². The van der Waals surface area contributed by atoms with E-state index in [0.717, 1.165) is 31.0 Å². The topological polar surface area (TPSA) is 29.5 Å². The summed E-state index contributed by atoms with van der Waals surface area (Å²) in [4.78, 5) is 15.2. The van der Waals surface area contributed by atoms with Crippen LogP contribution in [0.3, 0.4) is 0 Å². The van der Waals surface area contributed by atoms with E-state index in [1.54, 1.807) is 7.11 Å². The number of carbonyl (C=O) groups is 1. The Hall–Kier alpha value is -0.170. The van der Waals surface area contributed by atoms with Crippen LogP contribution in [0.15, 0.2) is 22.8 Å². The van der Waals surface area contributed by atoms with Crippen LogP contribution in [-0.2, 0) is 9.53 Å². The predicted molar refractivity (Wildman–Crippen MR) is 79.2 cm³/mol. The van der Waals surface area contributed by atoms with Gasteiger partial charge in [0.2, 0.25) is 5.91 Å². The summed E-state index contributed by atoms with van der Waals surface area (Å²) in [6.45, 7) is 1.70. The normalized spacial score (nSPS) is 24.4. The van der Waals surface area contributed by atoms with Crippen molar-refractivity contribution in [2.24, 2.45) is 5.92 Å². The molecule has 17 heavy (non-hydrogen) atoms. The molecular formula is C12H16INO2S. The van der Waals surface area contributed by atoms with Gasteiger partial charge >= 0.3 is 0 Å². The summed E-state index contributed by atoms with van der Waals surface area (Å²) in [5.74, 6) is 2.69. The van der Waals surface area contributed by atoms with Gasteiger partial charge in [-0.25, -0.2) is 0 Å². The summed E-state index contributed by atoms with van der Waals surface area (Å²) in [5, 5.41) is 0. The minimum absolute atomic E-state index is 0.251. The van der Waals surface area contributed by atoms with E-state index in [1.807, 2.05) is 16.7 Å². The summed E-state index contributed by atoms with van der Waals surface area (Å²) in [7, 11) is 1.71. The fourth-order valence-electron chi connectivity index (χ4n) is 2.14. The monoisotopic (exact) mass is 365 g/mol. The third-order valence-electron chi connectivity index (χ3n) is 3.08. The van der Waals surface area contributed by atoms with Crippen molar-refractivity contribution in [3.05, 3.63) is 22.8 Å². The quantitative estimate of drug-likeness (QED) is 0.556. The number of hydrogen-bond donors (Lipinski definition) is 0. The molecule has 0 aromatic heterocycles. The van der Waals surface area contributed by atoms with Gasteiger partial charge in [0.15, 0.2) is 0 Å². The largest absolute Gasteiger partial charge is 0.501 e. The average Bonchev–Trinajstić information content (AvgIpc) is 2.58. The second-order valence-electron chi connectivity index (χ2n) is 4.13. The number of allylic oxidation sites excluding steroid dienone is 3. The van der Waals surface area contributed by atoms with Gasteiger partial charge in [0.25, 0.3) is 0 Å². The molecule has 0 aromatic rings. The lowest BCUT2D eigenvalue weighted by molar-refractivity contribution is -0.128. The van der Waals surface area contributed by atoms with Crippen molar-refractivity contribution in [3.63, 3.8) is 0 Å². The number of fused-ring (bicyclic) bond motifs is 1. The number of hydrogen-bond acceptors (Lipinski definition) is 3.